The van der Waals surface area contributed by atoms with Gasteiger partial charge in [-0.2, -0.15) is 0 Å². The van der Waals surface area contributed by atoms with Crippen molar-refractivity contribution in [3.8, 4) is 0 Å². The number of aromatic nitrogens is 2. The first-order valence-corrected chi connectivity index (χ1v) is 9.34. The molecule has 2 amide bonds. The molecule has 0 radical (unpaired) electrons. The van der Waals surface area contributed by atoms with Crippen LogP contribution in [-0.4, -0.2) is 21.8 Å². The molecule has 3 N–H and O–H groups in total. The molecular formula is C22H23N5O2. The highest BCUT2D eigenvalue weighted by Crippen LogP contribution is 2.20. The summed E-state index contributed by atoms with van der Waals surface area (Å²) in [6.45, 7) is 5.34. The SMILES string of the molecule is CCc1ccccc1Nc1nc(C)cc(C(=O)Nc2ccc(NC(C)=O)cc2)n1. The minimum atomic E-state index is -0.338. The molecule has 3 rings (SSSR count). The summed E-state index contributed by atoms with van der Waals surface area (Å²) in [5.74, 6) is -0.116. The van der Waals surface area contributed by atoms with Gasteiger partial charge in [0.05, 0.1) is 0 Å². The smallest absolute Gasteiger partial charge is 0.274 e. The molecule has 0 bridgehead atoms. The van der Waals surface area contributed by atoms with E-state index in [-0.39, 0.29) is 17.5 Å². The lowest BCUT2D eigenvalue weighted by Crippen LogP contribution is -2.15. The molecule has 148 valence electrons. The molecular weight excluding hydrogens is 366 g/mol. The average Bonchev–Trinajstić information content (AvgIpc) is 2.69. The standard InChI is InChI=1S/C22H23N5O2/c1-4-16-7-5-6-8-19(16)26-22-23-14(2)13-20(27-22)21(29)25-18-11-9-17(10-12-18)24-15(3)28/h5-13H,4H2,1-3H3,(H,24,28)(H,25,29)(H,23,26,27). The summed E-state index contributed by atoms with van der Waals surface area (Å²) in [4.78, 5) is 32.5. The van der Waals surface area contributed by atoms with Crippen molar-refractivity contribution in [3.05, 3.63) is 71.5 Å². The molecule has 7 heteroatoms. The molecule has 29 heavy (non-hydrogen) atoms. The molecule has 0 aliphatic heterocycles. The van der Waals surface area contributed by atoms with E-state index < -0.39 is 0 Å². The number of benzene rings is 2. The van der Waals surface area contributed by atoms with Crippen LogP contribution < -0.4 is 16.0 Å². The van der Waals surface area contributed by atoms with Gasteiger partial charge in [-0.15, -0.1) is 0 Å². The molecule has 1 heterocycles. The van der Waals surface area contributed by atoms with E-state index in [2.05, 4.69) is 32.8 Å². The number of nitrogens with zero attached hydrogens (tertiary/aromatic N) is 2. The van der Waals surface area contributed by atoms with Crippen molar-refractivity contribution in [2.24, 2.45) is 0 Å². The van der Waals surface area contributed by atoms with Crippen molar-refractivity contribution in [1.29, 1.82) is 0 Å². The second kappa shape index (κ2) is 8.97. The largest absolute Gasteiger partial charge is 0.326 e. The predicted molar refractivity (Wildman–Crippen MR) is 115 cm³/mol. The number of anilines is 4. The molecule has 0 saturated heterocycles. The van der Waals surface area contributed by atoms with Gasteiger partial charge in [0.25, 0.3) is 5.91 Å². The fourth-order valence-corrected chi connectivity index (χ4v) is 2.85. The summed E-state index contributed by atoms with van der Waals surface area (Å²) in [7, 11) is 0. The molecule has 0 saturated carbocycles. The van der Waals surface area contributed by atoms with E-state index in [0.29, 0.717) is 23.0 Å². The zero-order valence-corrected chi connectivity index (χ0v) is 16.6. The van der Waals surface area contributed by atoms with Crippen LogP contribution in [0.15, 0.2) is 54.6 Å². The third-order valence-electron chi connectivity index (χ3n) is 4.19. The number of rotatable bonds is 6. The number of nitrogens with one attached hydrogen (secondary N) is 3. The molecule has 2 aromatic carbocycles. The third kappa shape index (κ3) is 5.38. The van der Waals surface area contributed by atoms with Gasteiger partial charge in [0.2, 0.25) is 11.9 Å². The van der Waals surface area contributed by atoms with Crippen molar-refractivity contribution >= 4 is 34.8 Å². The second-order valence-corrected chi connectivity index (χ2v) is 6.57. The van der Waals surface area contributed by atoms with E-state index in [1.54, 1.807) is 30.3 Å². The van der Waals surface area contributed by atoms with E-state index in [0.717, 1.165) is 17.7 Å². The Morgan fingerprint density at radius 2 is 1.59 bits per heavy atom. The fourth-order valence-electron chi connectivity index (χ4n) is 2.85. The summed E-state index contributed by atoms with van der Waals surface area (Å²) in [5.41, 5.74) is 4.27. The quantitative estimate of drug-likeness (QED) is 0.584. The number of carbonyl (C=O) groups is 2. The van der Waals surface area contributed by atoms with Crippen LogP contribution in [0.25, 0.3) is 0 Å². The Balaban J connectivity index is 1.76. The fraction of sp³-hybridized carbons (Fsp3) is 0.182. The van der Waals surface area contributed by atoms with Gasteiger partial charge in [-0.05, 0) is 55.3 Å². The van der Waals surface area contributed by atoms with E-state index in [1.807, 2.05) is 31.2 Å². The number of hydrogen-bond acceptors (Lipinski definition) is 5. The van der Waals surface area contributed by atoms with Crippen LogP contribution in [0, 0.1) is 6.92 Å². The van der Waals surface area contributed by atoms with Crippen LogP contribution in [0.5, 0.6) is 0 Å². The Bertz CT molecular complexity index is 1030. The van der Waals surface area contributed by atoms with Gasteiger partial charge in [0, 0.05) is 29.7 Å². The third-order valence-corrected chi connectivity index (χ3v) is 4.19. The number of amides is 2. The van der Waals surface area contributed by atoms with Gasteiger partial charge in [-0.3, -0.25) is 9.59 Å². The minimum absolute atomic E-state index is 0.150. The maximum absolute atomic E-state index is 12.7. The van der Waals surface area contributed by atoms with Crippen LogP contribution >= 0.6 is 0 Å². The lowest BCUT2D eigenvalue weighted by molar-refractivity contribution is -0.114. The molecule has 7 nitrogen and oxygen atoms in total. The first kappa shape index (κ1) is 20.0. The number of para-hydroxylation sites is 1. The zero-order valence-electron chi connectivity index (χ0n) is 16.6. The van der Waals surface area contributed by atoms with Gasteiger partial charge in [-0.1, -0.05) is 25.1 Å². The van der Waals surface area contributed by atoms with Gasteiger partial charge in [0.1, 0.15) is 5.69 Å². The van der Waals surface area contributed by atoms with Crippen LogP contribution in [0.2, 0.25) is 0 Å². The number of aryl methyl sites for hydroxylation is 2. The Morgan fingerprint density at radius 1 is 0.931 bits per heavy atom. The van der Waals surface area contributed by atoms with E-state index in [9.17, 15) is 9.59 Å². The summed E-state index contributed by atoms with van der Waals surface area (Å²) >= 11 is 0. The van der Waals surface area contributed by atoms with Crippen molar-refractivity contribution < 1.29 is 9.59 Å². The predicted octanol–water partition coefficient (Wildman–Crippen LogP) is 4.30. The second-order valence-electron chi connectivity index (χ2n) is 6.57. The Morgan fingerprint density at radius 3 is 2.24 bits per heavy atom. The molecule has 0 unspecified atom stereocenters. The minimum Gasteiger partial charge on any atom is -0.326 e. The average molecular weight is 389 g/mol. The molecule has 0 fully saturated rings. The number of hydrogen-bond donors (Lipinski definition) is 3. The monoisotopic (exact) mass is 389 g/mol. The highest BCUT2D eigenvalue weighted by atomic mass is 16.2. The Kier molecular flexibility index (Phi) is 6.19. The van der Waals surface area contributed by atoms with Gasteiger partial charge < -0.3 is 16.0 Å². The molecule has 0 aliphatic carbocycles. The van der Waals surface area contributed by atoms with Crippen LogP contribution in [0.4, 0.5) is 23.0 Å². The first-order chi connectivity index (χ1) is 13.9. The molecule has 3 aromatic rings. The summed E-state index contributed by atoms with van der Waals surface area (Å²) in [5, 5.41) is 8.70. The first-order valence-electron chi connectivity index (χ1n) is 9.34. The Hall–Kier alpha value is -3.74. The van der Waals surface area contributed by atoms with Gasteiger partial charge in [-0.25, -0.2) is 9.97 Å². The van der Waals surface area contributed by atoms with E-state index >= 15 is 0 Å². The normalized spacial score (nSPS) is 10.3. The lowest BCUT2D eigenvalue weighted by atomic mass is 10.1. The van der Waals surface area contributed by atoms with E-state index in [1.165, 1.54) is 6.92 Å². The molecule has 0 spiro atoms. The van der Waals surface area contributed by atoms with Crippen molar-refractivity contribution in [2.75, 3.05) is 16.0 Å². The van der Waals surface area contributed by atoms with Crippen molar-refractivity contribution in [3.63, 3.8) is 0 Å². The maximum atomic E-state index is 12.7. The summed E-state index contributed by atoms with van der Waals surface area (Å²) < 4.78 is 0. The van der Waals surface area contributed by atoms with Gasteiger partial charge >= 0.3 is 0 Å². The zero-order chi connectivity index (χ0) is 20.8. The van der Waals surface area contributed by atoms with Crippen molar-refractivity contribution in [2.45, 2.75) is 27.2 Å². The molecule has 0 atom stereocenters. The van der Waals surface area contributed by atoms with Crippen LogP contribution in [-0.2, 0) is 11.2 Å². The highest BCUT2D eigenvalue weighted by Gasteiger charge is 2.12. The van der Waals surface area contributed by atoms with Gasteiger partial charge in [0.15, 0.2) is 0 Å². The van der Waals surface area contributed by atoms with Crippen LogP contribution in [0.1, 0.15) is 35.6 Å². The Labute approximate surface area is 169 Å². The van der Waals surface area contributed by atoms with E-state index in [4.69, 9.17) is 0 Å². The molecule has 0 aliphatic rings. The lowest BCUT2D eigenvalue weighted by Gasteiger charge is -2.11. The highest BCUT2D eigenvalue weighted by molar-refractivity contribution is 6.03. The topological polar surface area (TPSA) is 96.0 Å². The summed E-state index contributed by atoms with van der Waals surface area (Å²) in [6, 6.07) is 16.4. The molecule has 1 aromatic heterocycles. The maximum Gasteiger partial charge on any atom is 0.274 e. The van der Waals surface area contributed by atoms with Crippen molar-refractivity contribution in [1.82, 2.24) is 9.97 Å². The summed E-state index contributed by atoms with van der Waals surface area (Å²) in [6.07, 6.45) is 0.872. The van der Waals surface area contributed by atoms with Crippen LogP contribution in [0.3, 0.4) is 0 Å². The number of carbonyl (C=O) groups excluding carboxylic acids is 2.